The third-order valence-electron chi connectivity index (χ3n) is 2.70. The van der Waals surface area contributed by atoms with E-state index in [0.717, 1.165) is 16.9 Å². The minimum Gasteiger partial charge on any atom is -0.497 e. The van der Waals surface area contributed by atoms with Crippen LogP contribution in [0.3, 0.4) is 0 Å². The number of rotatable bonds is 5. The molecular formula is C15H16FNO2. The maximum Gasteiger partial charge on any atom is 0.123 e. The normalized spacial score (nSPS) is 10.3. The Morgan fingerprint density at radius 3 is 2.53 bits per heavy atom. The lowest BCUT2D eigenvalue weighted by Gasteiger charge is -2.09. The predicted octanol–water partition coefficient (Wildman–Crippen LogP) is 2.87. The van der Waals surface area contributed by atoms with Gasteiger partial charge < -0.3 is 15.2 Å². The number of halogens is 1. The SMILES string of the molecule is COc1cccc(OCc2cc(F)cc(CN)c2)c1. The molecule has 0 aliphatic heterocycles. The fourth-order valence-corrected chi connectivity index (χ4v) is 1.78. The van der Waals surface area contributed by atoms with E-state index in [-0.39, 0.29) is 12.4 Å². The van der Waals surface area contributed by atoms with E-state index in [1.807, 2.05) is 24.3 Å². The van der Waals surface area contributed by atoms with Crippen LogP contribution >= 0.6 is 0 Å². The van der Waals surface area contributed by atoms with Crippen LogP contribution in [0.4, 0.5) is 4.39 Å². The lowest BCUT2D eigenvalue weighted by molar-refractivity contribution is 0.303. The molecule has 2 aromatic rings. The number of ether oxygens (including phenoxy) is 2. The molecule has 0 saturated heterocycles. The van der Waals surface area contributed by atoms with Gasteiger partial charge in [0.25, 0.3) is 0 Å². The van der Waals surface area contributed by atoms with Gasteiger partial charge in [-0.1, -0.05) is 12.1 Å². The van der Waals surface area contributed by atoms with Crippen LogP contribution < -0.4 is 15.2 Å². The molecule has 0 aliphatic rings. The summed E-state index contributed by atoms with van der Waals surface area (Å²) >= 11 is 0. The second-order valence-electron chi connectivity index (χ2n) is 4.14. The van der Waals surface area contributed by atoms with Gasteiger partial charge in [-0.15, -0.1) is 0 Å². The zero-order chi connectivity index (χ0) is 13.7. The molecule has 0 aliphatic carbocycles. The summed E-state index contributed by atoms with van der Waals surface area (Å²) in [5.74, 6) is 1.10. The van der Waals surface area contributed by atoms with Gasteiger partial charge in [-0.05, 0) is 35.4 Å². The van der Waals surface area contributed by atoms with E-state index in [0.29, 0.717) is 12.3 Å². The summed E-state index contributed by atoms with van der Waals surface area (Å²) in [5.41, 5.74) is 7.02. The monoisotopic (exact) mass is 261 g/mol. The Balaban J connectivity index is 2.07. The Kier molecular flexibility index (Phi) is 4.36. The highest BCUT2D eigenvalue weighted by molar-refractivity contribution is 5.33. The first kappa shape index (κ1) is 13.4. The molecule has 2 N–H and O–H groups in total. The van der Waals surface area contributed by atoms with Crippen molar-refractivity contribution in [3.63, 3.8) is 0 Å². The van der Waals surface area contributed by atoms with Crippen LogP contribution in [0.5, 0.6) is 11.5 Å². The van der Waals surface area contributed by atoms with Crippen LogP contribution in [0.25, 0.3) is 0 Å². The van der Waals surface area contributed by atoms with E-state index >= 15 is 0 Å². The molecule has 0 saturated carbocycles. The second kappa shape index (κ2) is 6.20. The topological polar surface area (TPSA) is 44.5 Å². The van der Waals surface area contributed by atoms with Gasteiger partial charge >= 0.3 is 0 Å². The third kappa shape index (κ3) is 3.69. The van der Waals surface area contributed by atoms with E-state index in [9.17, 15) is 4.39 Å². The summed E-state index contributed by atoms with van der Waals surface area (Å²) in [6.07, 6.45) is 0. The molecule has 0 aromatic heterocycles. The first-order chi connectivity index (χ1) is 9.21. The Labute approximate surface area is 111 Å². The Hall–Kier alpha value is -2.07. The standard InChI is InChI=1S/C15H16FNO2/c1-18-14-3-2-4-15(8-14)19-10-12-5-11(9-17)6-13(16)7-12/h2-8H,9-10,17H2,1H3. The van der Waals surface area contributed by atoms with Gasteiger partial charge in [0.05, 0.1) is 7.11 Å². The van der Waals surface area contributed by atoms with E-state index in [4.69, 9.17) is 15.2 Å². The van der Waals surface area contributed by atoms with Crippen LogP contribution in [0.15, 0.2) is 42.5 Å². The van der Waals surface area contributed by atoms with E-state index in [1.165, 1.54) is 12.1 Å². The van der Waals surface area contributed by atoms with E-state index in [2.05, 4.69) is 0 Å². The molecule has 4 heteroatoms. The highest BCUT2D eigenvalue weighted by Crippen LogP contribution is 2.20. The van der Waals surface area contributed by atoms with E-state index < -0.39 is 0 Å². The summed E-state index contributed by atoms with van der Waals surface area (Å²) in [6.45, 7) is 0.599. The predicted molar refractivity (Wildman–Crippen MR) is 71.6 cm³/mol. The largest absolute Gasteiger partial charge is 0.497 e. The molecule has 0 fully saturated rings. The summed E-state index contributed by atoms with van der Waals surface area (Å²) in [6, 6.07) is 12.0. The van der Waals surface area contributed by atoms with Crippen molar-refractivity contribution >= 4 is 0 Å². The molecule has 0 heterocycles. The van der Waals surface area contributed by atoms with Gasteiger partial charge in [-0.3, -0.25) is 0 Å². The van der Waals surface area contributed by atoms with Crippen molar-refractivity contribution in [2.75, 3.05) is 7.11 Å². The van der Waals surface area contributed by atoms with E-state index in [1.54, 1.807) is 13.2 Å². The van der Waals surface area contributed by atoms with Crippen LogP contribution in [-0.2, 0) is 13.2 Å². The molecular weight excluding hydrogens is 245 g/mol. The van der Waals surface area contributed by atoms with Crippen LogP contribution in [0.2, 0.25) is 0 Å². The maximum atomic E-state index is 13.3. The van der Waals surface area contributed by atoms with Crippen molar-refractivity contribution < 1.29 is 13.9 Å². The lowest BCUT2D eigenvalue weighted by Crippen LogP contribution is -2.01. The fraction of sp³-hybridized carbons (Fsp3) is 0.200. The van der Waals surface area contributed by atoms with Crippen LogP contribution in [-0.4, -0.2) is 7.11 Å². The zero-order valence-electron chi connectivity index (χ0n) is 10.7. The number of benzene rings is 2. The smallest absolute Gasteiger partial charge is 0.123 e. The minimum absolute atomic E-state index is 0.290. The van der Waals surface area contributed by atoms with Crippen LogP contribution in [0.1, 0.15) is 11.1 Å². The van der Waals surface area contributed by atoms with Crippen molar-refractivity contribution in [3.05, 3.63) is 59.4 Å². The second-order valence-corrected chi connectivity index (χ2v) is 4.14. The van der Waals surface area contributed by atoms with Gasteiger partial charge in [0, 0.05) is 12.6 Å². The fourth-order valence-electron chi connectivity index (χ4n) is 1.78. The van der Waals surface area contributed by atoms with Crippen molar-refractivity contribution in [1.29, 1.82) is 0 Å². The first-order valence-corrected chi connectivity index (χ1v) is 5.96. The number of methoxy groups -OCH3 is 1. The molecule has 0 atom stereocenters. The molecule has 2 aromatic carbocycles. The summed E-state index contributed by atoms with van der Waals surface area (Å²) in [5, 5.41) is 0. The summed E-state index contributed by atoms with van der Waals surface area (Å²) in [7, 11) is 1.60. The Morgan fingerprint density at radius 1 is 1.05 bits per heavy atom. The zero-order valence-corrected chi connectivity index (χ0v) is 10.7. The molecule has 3 nitrogen and oxygen atoms in total. The molecule has 2 rings (SSSR count). The Bertz CT molecular complexity index is 558. The summed E-state index contributed by atoms with van der Waals surface area (Å²) in [4.78, 5) is 0. The highest BCUT2D eigenvalue weighted by Gasteiger charge is 2.02. The van der Waals surface area contributed by atoms with Crippen molar-refractivity contribution in [2.45, 2.75) is 13.2 Å². The van der Waals surface area contributed by atoms with Gasteiger partial charge in [0.1, 0.15) is 23.9 Å². The average molecular weight is 261 g/mol. The van der Waals surface area contributed by atoms with Gasteiger partial charge in [0.2, 0.25) is 0 Å². The molecule has 100 valence electrons. The van der Waals surface area contributed by atoms with Crippen molar-refractivity contribution in [3.8, 4) is 11.5 Å². The average Bonchev–Trinajstić information content (AvgIpc) is 2.44. The van der Waals surface area contributed by atoms with Gasteiger partial charge in [-0.25, -0.2) is 4.39 Å². The number of nitrogens with two attached hydrogens (primary N) is 1. The third-order valence-corrected chi connectivity index (χ3v) is 2.70. The molecule has 19 heavy (non-hydrogen) atoms. The minimum atomic E-state index is -0.299. The van der Waals surface area contributed by atoms with Crippen LogP contribution in [0, 0.1) is 5.82 Å². The number of hydrogen-bond donors (Lipinski definition) is 1. The molecule has 0 amide bonds. The molecule has 0 bridgehead atoms. The first-order valence-electron chi connectivity index (χ1n) is 5.96. The lowest BCUT2D eigenvalue weighted by atomic mass is 10.1. The molecule has 0 radical (unpaired) electrons. The number of hydrogen-bond acceptors (Lipinski definition) is 3. The molecule has 0 spiro atoms. The van der Waals surface area contributed by atoms with Crippen molar-refractivity contribution in [2.24, 2.45) is 5.73 Å². The quantitative estimate of drug-likeness (QED) is 0.900. The molecule has 0 unspecified atom stereocenters. The summed E-state index contributed by atoms with van der Waals surface area (Å²) < 4.78 is 24.0. The maximum absolute atomic E-state index is 13.3. The Morgan fingerprint density at radius 2 is 1.79 bits per heavy atom. The van der Waals surface area contributed by atoms with Gasteiger partial charge in [-0.2, -0.15) is 0 Å². The highest BCUT2D eigenvalue weighted by atomic mass is 19.1. The van der Waals surface area contributed by atoms with Gasteiger partial charge in [0.15, 0.2) is 0 Å². The van der Waals surface area contributed by atoms with Crippen molar-refractivity contribution in [1.82, 2.24) is 0 Å².